The van der Waals surface area contributed by atoms with E-state index in [2.05, 4.69) is 0 Å². The molecule has 1 N–H and O–H groups in total. The maximum atomic E-state index is 14.1. The number of nitrogens with one attached hydrogen (secondary N) is 1. The molecule has 150 valence electrons. The van der Waals surface area contributed by atoms with Crippen molar-refractivity contribution in [3.8, 4) is 5.75 Å². The summed E-state index contributed by atoms with van der Waals surface area (Å²) in [5.74, 6) is -1.01. The fourth-order valence-corrected chi connectivity index (χ4v) is 4.37. The zero-order valence-electron chi connectivity index (χ0n) is 14.9. The van der Waals surface area contributed by atoms with Crippen molar-refractivity contribution in [3.05, 3.63) is 66.5 Å². The predicted molar refractivity (Wildman–Crippen MR) is 106 cm³/mol. The summed E-state index contributed by atoms with van der Waals surface area (Å²) in [6.45, 7) is 0. The van der Waals surface area contributed by atoms with Crippen molar-refractivity contribution < 1.29 is 29.8 Å². The molecule has 3 aromatic carbocycles. The molecule has 0 saturated carbocycles. The Morgan fingerprint density at radius 3 is 2.34 bits per heavy atom. The zero-order valence-corrected chi connectivity index (χ0v) is 16.6. The van der Waals surface area contributed by atoms with E-state index in [9.17, 15) is 21.2 Å². The molecule has 4 rings (SSSR count). The van der Waals surface area contributed by atoms with E-state index in [1.54, 1.807) is 12.1 Å². The highest BCUT2D eigenvalue weighted by molar-refractivity contribution is 7.92. The molecule has 0 fully saturated rings. The third-order valence-electron chi connectivity index (χ3n) is 4.08. The van der Waals surface area contributed by atoms with E-state index < -0.39 is 30.9 Å². The standard InChI is InChI=1S/C19H14FNO6S2/c1-28(22,23)21-17-8-7-13(11-16(17)20)29(24,25)27-12-6-9-19-15(10-12)14-4-2-3-5-18(14)26-19/h2-11,21H,1H3. The number of rotatable bonds is 5. The van der Waals surface area contributed by atoms with E-state index >= 15 is 0 Å². The summed E-state index contributed by atoms with van der Waals surface area (Å²) in [5, 5.41) is 1.47. The second kappa shape index (κ2) is 6.75. The molecular formula is C19H14FNO6S2. The van der Waals surface area contributed by atoms with E-state index in [1.165, 1.54) is 12.1 Å². The number of anilines is 1. The fourth-order valence-electron chi connectivity index (χ4n) is 2.87. The van der Waals surface area contributed by atoms with Gasteiger partial charge in [-0.1, -0.05) is 18.2 Å². The van der Waals surface area contributed by atoms with Crippen molar-refractivity contribution in [2.45, 2.75) is 4.90 Å². The molecule has 4 aromatic rings. The molecule has 0 saturated heterocycles. The minimum Gasteiger partial charge on any atom is -0.456 e. The van der Waals surface area contributed by atoms with Crippen molar-refractivity contribution in [3.63, 3.8) is 0 Å². The van der Waals surface area contributed by atoms with Crippen LogP contribution in [0, 0.1) is 5.82 Å². The molecule has 0 bridgehead atoms. The van der Waals surface area contributed by atoms with Crippen LogP contribution in [0.5, 0.6) is 5.75 Å². The molecule has 0 aliphatic rings. The Kier molecular flexibility index (Phi) is 4.47. The van der Waals surface area contributed by atoms with Crippen LogP contribution in [0.3, 0.4) is 0 Å². The average Bonchev–Trinajstić information content (AvgIpc) is 3.00. The van der Waals surface area contributed by atoms with Crippen LogP contribution in [0.2, 0.25) is 0 Å². The lowest BCUT2D eigenvalue weighted by molar-refractivity contribution is 0.485. The Bertz CT molecular complexity index is 1460. The Hall–Kier alpha value is -3.11. The molecule has 0 unspecified atom stereocenters. The van der Waals surface area contributed by atoms with Gasteiger partial charge in [-0.2, -0.15) is 8.42 Å². The Labute approximate surface area is 165 Å². The summed E-state index contributed by atoms with van der Waals surface area (Å²) in [4.78, 5) is -0.453. The van der Waals surface area contributed by atoms with Crippen LogP contribution in [-0.2, 0) is 20.1 Å². The monoisotopic (exact) mass is 435 g/mol. The van der Waals surface area contributed by atoms with Gasteiger partial charge < -0.3 is 8.60 Å². The third-order valence-corrected chi connectivity index (χ3v) is 5.91. The minimum atomic E-state index is -4.35. The Morgan fingerprint density at radius 1 is 0.897 bits per heavy atom. The number of furan rings is 1. The molecule has 10 heteroatoms. The van der Waals surface area contributed by atoms with Crippen LogP contribution >= 0.6 is 0 Å². The van der Waals surface area contributed by atoms with Gasteiger partial charge in [-0.25, -0.2) is 12.8 Å². The van der Waals surface area contributed by atoms with E-state index in [1.807, 2.05) is 22.9 Å². The number of hydrogen-bond acceptors (Lipinski definition) is 6. The predicted octanol–water partition coefficient (Wildman–Crippen LogP) is 3.86. The Morgan fingerprint density at radius 2 is 1.62 bits per heavy atom. The number of halogens is 1. The molecule has 0 spiro atoms. The fraction of sp³-hybridized carbons (Fsp3) is 0.0526. The molecular weight excluding hydrogens is 421 g/mol. The van der Waals surface area contributed by atoms with Crippen LogP contribution in [0.25, 0.3) is 21.9 Å². The molecule has 29 heavy (non-hydrogen) atoms. The maximum Gasteiger partial charge on any atom is 0.339 e. The van der Waals surface area contributed by atoms with Gasteiger partial charge in [-0.15, -0.1) is 0 Å². The van der Waals surface area contributed by atoms with Crippen molar-refractivity contribution in [1.82, 2.24) is 0 Å². The molecule has 1 aromatic heterocycles. The second-order valence-corrected chi connectivity index (χ2v) is 9.60. The first-order valence-electron chi connectivity index (χ1n) is 8.25. The minimum absolute atomic E-state index is 0.0304. The summed E-state index contributed by atoms with van der Waals surface area (Å²) in [5.41, 5.74) is 0.856. The first kappa shape index (κ1) is 19.2. The van der Waals surface area contributed by atoms with E-state index in [4.69, 9.17) is 8.60 Å². The number of benzene rings is 3. The summed E-state index contributed by atoms with van der Waals surface area (Å²) in [6.07, 6.45) is 0.857. The van der Waals surface area contributed by atoms with Gasteiger partial charge in [0, 0.05) is 10.8 Å². The number of fused-ring (bicyclic) bond motifs is 3. The van der Waals surface area contributed by atoms with Gasteiger partial charge in [-0.05, 0) is 42.5 Å². The molecule has 0 aliphatic carbocycles. The van der Waals surface area contributed by atoms with Crippen LogP contribution < -0.4 is 8.91 Å². The molecule has 1 heterocycles. The smallest absolute Gasteiger partial charge is 0.339 e. The van der Waals surface area contributed by atoms with Crippen LogP contribution in [0.15, 0.2) is 70.0 Å². The van der Waals surface area contributed by atoms with Crippen LogP contribution in [0.1, 0.15) is 0 Å². The van der Waals surface area contributed by atoms with Gasteiger partial charge in [0.15, 0.2) is 0 Å². The van der Waals surface area contributed by atoms with Crippen molar-refractivity contribution in [1.29, 1.82) is 0 Å². The molecule has 0 atom stereocenters. The van der Waals surface area contributed by atoms with Gasteiger partial charge in [0.1, 0.15) is 27.6 Å². The lowest BCUT2D eigenvalue weighted by Crippen LogP contribution is -2.13. The van der Waals surface area contributed by atoms with Gasteiger partial charge in [0.2, 0.25) is 10.0 Å². The van der Waals surface area contributed by atoms with Crippen LogP contribution in [0.4, 0.5) is 10.1 Å². The first-order chi connectivity index (χ1) is 13.6. The van der Waals surface area contributed by atoms with E-state index in [0.717, 1.165) is 23.8 Å². The average molecular weight is 435 g/mol. The Balaban J connectivity index is 1.68. The summed E-state index contributed by atoms with van der Waals surface area (Å²) < 4.78 is 74.4. The second-order valence-electron chi connectivity index (χ2n) is 6.31. The SMILES string of the molecule is CS(=O)(=O)Nc1ccc(S(=O)(=O)Oc2ccc3oc4ccccc4c3c2)cc1F. The van der Waals surface area contributed by atoms with Gasteiger partial charge in [0.05, 0.1) is 11.9 Å². The first-order valence-corrected chi connectivity index (χ1v) is 11.6. The molecule has 0 amide bonds. The summed E-state index contributed by atoms with van der Waals surface area (Å²) >= 11 is 0. The largest absolute Gasteiger partial charge is 0.456 e. The van der Waals surface area contributed by atoms with E-state index in [0.29, 0.717) is 22.6 Å². The molecule has 0 radical (unpaired) electrons. The number of para-hydroxylation sites is 1. The van der Waals surface area contributed by atoms with Crippen LogP contribution in [-0.4, -0.2) is 23.1 Å². The lowest BCUT2D eigenvalue weighted by Gasteiger charge is -2.09. The number of sulfonamides is 1. The van der Waals surface area contributed by atoms with Crippen molar-refractivity contribution in [2.24, 2.45) is 0 Å². The highest BCUT2D eigenvalue weighted by Gasteiger charge is 2.20. The number of hydrogen-bond donors (Lipinski definition) is 1. The summed E-state index contributed by atoms with van der Waals surface area (Å²) in [6, 6.07) is 14.6. The quantitative estimate of drug-likeness (QED) is 0.478. The highest BCUT2D eigenvalue weighted by atomic mass is 32.2. The lowest BCUT2D eigenvalue weighted by atomic mass is 10.1. The topological polar surface area (TPSA) is 103 Å². The van der Waals surface area contributed by atoms with Crippen molar-refractivity contribution in [2.75, 3.05) is 11.0 Å². The zero-order chi connectivity index (χ0) is 20.8. The van der Waals surface area contributed by atoms with Gasteiger partial charge in [-0.3, -0.25) is 4.72 Å². The third kappa shape index (κ3) is 3.89. The normalized spacial score (nSPS) is 12.3. The van der Waals surface area contributed by atoms with E-state index in [-0.39, 0.29) is 11.4 Å². The van der Waals surface area contributed by atoms with Crippen molar-refractivity contribution >= 4 is 47.8 Å². The highest BCUT2D eigenvalue weighted by Crippen LogP contribution is 2.32. The van der Waals surface area contributed by atoms with Gasteiger partial charge in [0.25, 0.3) is 0 Å². The molecule has 0 aliphatic heterocycles. The van der Waals surface area contributed by atoms with Gasteiger partial charge >= 0.3 is 10.1 Å². The molecule has 7 nitrogen and oxygen atoms in total. The maximum absolute atomic E-state index is 14.1. The summed E-state index contributed by atoms with van der Waals surface area (Å²) in [7, 11) is -8.06.